The van der Waals surface area contributed by atoms with Crippen LogP contribution in [0.3, 0.4) is 0 Å². The lowest BCUT2D eigenvalue weighted by Crippen LogP contribution is -2.91. The summed E-state index contributed by atoms with van der Waals surface area (Å²) in [6.45, 7) is 3.94. The lowest BCUT2D eigenvalue weighted by atomic mass is 10.1. The van der Waals surface area contributed by atoms with Gasteiger partial charge in [-0.1, -0.05) is 48.0 Å². The van der Waals surface area contributed by atoms with Crippen molar-refractivity contribution >= 4 is 23.2 Å². The minimum atomic E-state index is -0.198. The number of halogens is 1. The van der Waals surface area contributed by atoms with E-state index >= 15 is 0 Å². The van der Waals surface area contributed by atoms with Gasteiger partial charge in [-0.05, 0) is 32.0 Å². The van der Waals surface area contributed by atoms with E-state index in [0.717, 1.165) is 16.3 Å². The number of hydrogen-bond acceptors (Lipinski definition) is 1. The molecule has 1 amide bonds. The van der Waals surface area contributed by atoms with Gasteiger partial charge in [0.1, 0.15) is 6.04 Å². The molecule has 2 aromatic rings. The van der Waals surface area contributed by atoms with E-state index in [9.17, 15) is 4.79 Å². The summed E-state index contributed by atoms with van der Waals surface area (Å²) in [6.07, 6.45) is 0. The van der Waals surface area contributed by atoms with Crippen LogP contribution in [0.5, 0.6) is 0 Å². The molecule has 0 radical (unpaired) electrons. The average molecular weight is 304 g/mol. The second-order valence-corrected chi connectivity index (χ2v) is 5.55. The van der Waals surface area contributed by atoms with Gasteiger partial charge in [-0.2, -0.15) is 0 Å². The smallest absolute Gasteiger partial charge is 0.282 e. The fourth-order valence-electron chi connectivity index (χ4n) is 2.25. The number of nitrogens with one attached hydrogen (secondary N) is 1. The summed E-state index contributed by atoms with van der Waals surface area (Å²) in [5, 5.41) is 5.66. The Morgan fingerprint density at radius 3 is 2.33 bits per heavy atom. The van der Waals surface area contributed by atoms with Crippen LogP contribution < -0.4 is 10.6 Å². The Labute approximate surface area is 130 Å². The van der Waals surface area contributed by atoms with Gasteiger partial charge in [0.15, 0.2) is 6.04 Å². The molecular formula is C17H20ClN2O+. The molecule has 3 nitrogen and oxygen atoms in total. The Bertz CT molecular complexity index is 601. The normalized spacial score (nSPS) is 13.5. The van der Waals surface area contributed by atoms with Crippen molar-refractivity contribution in [3.63, 3.8) is 0 Å². The van der Waals surface area contributed by atoms with Crippen LogP contribution in [0.15, 0.2) is 54.6 Å². The van der Waals surface area contributed by atoms with Crippen molar-refractivity contribution in [1.29, 1.82) is 0 Å². The van der Waals surface area contributed by atoms with E-state index in [-0.39, 0.29) is 18.0 Å². The van der Waals surface area contributed by atoms with Gasteiger partial charge in [0.2, 0.25) is 0 Å². The molecule has 2 aromatic carbocycles. The highest BCUT2D eigenvalue weighted by molar-refractivity contribution is 6.31. The van der Waals surface area contributed by atoms with Gasteiger partial charge in [0.25, 0.3) is 5.91 Å². The zero-order chi connectivity index (χ0) is 15.2. The van der Waals surface area contributed by atoms with E-state index < -0.39 is 0 Å². The van der Waals surface area contributed by atoms with Gasteiger partial charge in [-0.25, -0.2) is 0 Å². The zero-order valence-electron chi connectivity index (χ0n) is 12.2. The van der Waals surface area contributed by atoms with Gasteiger partial charge in [-0.3, -0.25) is 4.79 Å². The summed E-state index contributed by atoms with van der Waals surface area (Å²) in [4.78, 5) is 12.2. The van der Waals surface area contributed by atoms with Crippen molar-refractivity contribution in [3.05, 3.63) is 65.2 Å². The van der Waals surface area contributed by atoms with E-state index in [0.29, 0.717) is 0 Å². The lowest BCUT2D eigenvalue weighted by molar-refractivity contribution is -0.709. The molecular weight excluding hydrogens is 284 g/mol. The molecule has 2 atom stereocenters. The van der Waals surface area contributed by atoms with Crippen molar-refractivity contribution in [2.45, 2.75) is 25.9 Å². The van der Waals surface area contributed by atoms with Gasteiger partial charge in [-0.15, -0.1) is 0 Å². The fourth-order valence-corrected chi connectivity index (χ4v) is 2.55. The molecule has 0 bridgehead atoms. The van der Waals surface area contributed by atoms with Gasteiger partial charge in [0, 0.05) is 16.3 Å². The summed E-state index contributed by atoms with van der Waals surface area (Å²) >= 11 is 6.19. The SMILES string of the molecule is C[C@H]([NH2+][C@@H](C)c1ccccc1Cl)C(=O)Nc1ccccc1. The molecule has 0 unspecified atom stereocenters. The fraction of sp³-hybridized carbons (Fsp3) is 0.235. The molecule has 0 saturated heterocycles. The molecule has 2 rings (SSSR count). The van der Waals surface area contributed by atoms with Crippen LogP contribution in [0, 0.1) is 0 Å². The Balaban J connectivity index is 1.96. The van der Waals surface area contributed by atoms with E-state index in [1.807, 2.05) is 73.8 Å². The van der Waals surface area contributed by atoms with Crippen LogP contribution in [0.1, 0.15) is 25.5 Å². The first-order valence-electron chi connectivity index (χ1n) is 7.03. The van der Waals surface area contributed by atoms with Crippen LogP contribution in [0.25, 0.3) is 0 Å². The van der Waals surface area contributed by atoms with Crippen LogP contribution in [-0.2, 0) is 4.79 Å². The maximum atomic E-state index is 12.2. The molecule has 0 aliphatic carbocycles. The van der Waals surface area contributed by atoms with Crippen molar-refractivity contribution in [3.8, 4) is 0 Å². The Morgan fingerprint density at radius 1 is 1.05 bits per heavy atom. The third-order valence-corrected chi connectivity index (χ3v) is 3.77. The maximum Gasteiger partial charge on any atom is 0.282 e. The summed E-state index contributed by atoms with van der Waals surface area (Å²) in [5.41, 5.74) is 1.85. The number of rotatable bonds is 5. The number of para-hydroxylation sites is 1. The molecule has 0 aliphatic heterocycles. The Morgan fingerprint density at radius 2 is 1.67 bits per heavy atom. The van der Waals surface area contributed by atoms with E-state index in [4.69, 9.17) is 11.6 Å². The van der Waals surface area contributed by atoms with Gasteiger partial charge < -0.3 is 10.6 Å². The minimum absolute atomic E-state index is 0.0138. The second kappa shape index (κ2) is 7.25. The summed E-state index contributed by atoms with van der Waals surface area (Å²) in [5.74, 6) is -0.0138. The number of carbonyl (C=O) groups excluding carboxylic acids is 1. The quantitative estimate of drug-likeness (QED) is 0.876. The number of hydrogen-bond donors (Lipinski definition) is 2. The number of anilines is 1. The van der Waals surface area contributed by atoms with Gasteiger partial charge in [0.05, 0.1) is 0 Å². The van der Waals surface area contributed by atoms with Crippen molar-refractivity contribution in [2.75, 3.05) is 5.32 Å². The first-order valence-corrected chi connectivity index (χ1v) is 7.41. The molecule has 21 heavy (non-hydrogen) atoms. The highest BCUT2D eigenvalue weighted by Crippen LogP contribution is 2.19. The molecule has 110 valence electrons. The lowest BCUT2D eigenvalue weighted by Gasteiger charge is -2.17. The van der Waals surface area contributed by atoms with Crippen LogP contribution >= 0.6 is 11.6 Å². The van der Waals surface area contributed by atoms with Crippen LogP contribution in [0.4, 0.5) is 5.69 Å². The second-order valence-electron chi connectivity index (χ2n) is 5.15. The van der Waals surface area contributed by atoms with Crippen LogP contribution in [0.2, 0.25) is 5.02 Å². The Hall–Kier alpha value is -1.84. The number of benzene rings is 2. The molecule has 0 aromatic heterocycles. The third kappa shape index (κ3) is 4.31. The van der Waals surface area contributed by atoms with E-state index in [1.165, 1.54) is 0 Å². The summed E-state index contributed by atoms with van der Waals surface area (Å²) < 4.78 is 0. The predicted octanol–water partition coefficient (Wildman–Crippen LogP) is 2.99. The summed E-state index contributed by atoms with van der Waals surface area (Å²) in [6, 6.07) is 17.1. The first kappa shape index (κ1) is 15.5. The maximum absolute atomic E-state index is 12.2. The largest absolute Gasteiger partial charge is 0.330 e. The average Bonchev–Trinajstić information content (AvgIpc) is 2.48. The third-order valence-electron chi connectivity index (χ3n) is 3.43. The number of quaternary nitrogens is 1. The molecule has 0 saturated carbocycles. The van der Waals surface area contributed by atoms with Crippen molar-refractivity contribution < 1.29 is 10.1 Å². The van der Waals surface area contributed by atoms with Crippen molar-refractivity contribution in [1.82, 2.24) is 0 Å². The first-order chi connectivity index (χ1) is 10.1. The highest BCUT2D eigenvalue weighted by Gasteiger charge is 2.21. The van der Waals surface area contributed by atoms with Crippen molar-refractivity contribution in [2.24, 2.45) is 0 Å². The number of carbonyl (C=O) groups is 1. The zero-order valence-corrected chi connectivity index (χ0v) is 13.0. The predicted molar refractivity (Wildman–Crippen MR) is 86.3 cm³/mol. The Kier molecular flexibility index (Phi) is 5.37. The molecule has 3 N–H and O–H groups in total. The van der Waals surface area contributed by atoms with Gasteiger partial charge >= 0.3 is 0 Å². The molecule has 0 heterocycles. The molecule has 4 heteroatoms. The number of nitrogens with two attached hydrogens (primary N) is 1. The standard InChI is InChI=1S/C17H19ClN2O/c1-12(15-10-6-7-11-16(15)18)19-13(2)17(21)20-14-8-4-3-5-9-14/h3-13,19H,1-2H3,(H,20,21)/p+1/t12-,13-/m0/s1. The molecule has 0 fully saturated rings. The summed E-state index contributed by atoms with van der Waals surface area (Å²) in [7, 11) is 0. The topological polar surface area (TPSA) is 45.7 Å². The van der Waals surface area contributed by atoms with E-state index in [2.05, 4.69) is 5.32 Å². The molecule has 0 spiro atoms. The number of amides is 1. The monoisotopic (exact) mass is 303 g/mol. The highest BCUT2D eigenvalue weighted by atomic mass is 35.5. The van der Waals surface area contributed by atoms with E-state index in [1.54, 1.807) is 0 Å². The minimum Gasteiger partial charge on any atom is -0.330 e. The van der Waals surface area contributed by atoms with Crippen LogP contribution in [-0.4, -0.2) is 11.9 Å². The molecule has 0 aliphatic rings.